The van der Waals surface area contributed by atoms with Crippen LogP contribution in [-0.4, -0.2) is 35.2 Å². The quantitative estimate of drug-likeness (QED) is 0.391. The number of amides is 1. The van der Waals surface area contributed by atoms with Gasteiger partial charge in [0.2, 0.25) is 0 Å². The lowest BCUT2D eigenvalue weighted by Gasteiger charge is -2.20. The van der Waals surface area contributed by atoms with Crippen LogP contribution in [0.25, 0.3) is 0 Å². The second kappa shape index (κ2) is 10.8. The van der Waals surface area contributed by atoms with Crippen molar-refractivity contribution in [2.75, 3.05) is 18.1 Å². The fourth-order valence-corrected chi connectivity index (χ4v) is 4.05. The van der Waals surface area contributed by atoms with Crippen LogP contribution in [0.15, 0.2) is 24.3 Å². The van der Waals surface area contributed by atoms with Crippen molar-refractivity contribution in [2.24, 2.45) is 0 Å². The molecule has 0 saturated heterocycles. The van der Waals surface area contributed by atoms with Gasteiger partial charge in [0.05, 0.1) is 0 Å². The normalized spacial score (nSPS) is 11.9. The van der Waals surface area contributed by atoms with Crippen molar-refractivity contribution in [2.45, 2.75) is 38.2 Å². The molecule has 1 aromatic rings. The molecule has 142 valence electrons. The van der Waals surface area contributed by atoms with Gasteiger partial charge in [0.1, 0.15) is 18.7 Å². The van der Waals surface area contributed by atoms with Crippen LogP contribution in [0.2, 0.25) is 0 Å². The topological polar surface area (TPSA) is 114 Å². The molecule has 1 atom stereocenters. The molecule has 0 aliphatic rings. The number of rotatable bonds is 8. The highest BCUT2D eigenvalue weighted by Crippen LogP contribution is 2.35. The molecule has 0 aromatic heterocycles. The van der Waals surface area contributed by atoms with Crippen LogP contribution >= 0.6 is 21.6 Å². The molecule has 0 aliphatic carbocycles. The third-order valence-corrected chi connectivity index (χ3v) is 6.10. The second-order valence-corrected chi connectivity index (χ2v) is 9.43. The zero-order chi connectivity index (χ0) is 19.6. The summed E-state index contributed by atoms with van der Waals surface area (Å²) in [7, 11) is 3.02. The summed E-state index contributed by atoms with van der Waals surface area (Å²) >= 11 is 0. The van der Waals surface area contributed by atoms with Crippen LogP contribution in [0.5, 0.6) is 0 Å². The minimum atomic E-state index is -0.901. The monoisotopic (exact) mass is 397 g/mol. The number of carbonyl (C=O) groups excluding carboxylic acids is 2. The minimum absolute atomic E-state index is 0.00143. The van der Waals surface area contributed by atoms with Crippen molar-refractivity contribution in [3.63, 3.8) is 0 Å². The predicted molar refractivity (Wildman–Crippen MR) is 104 cm³/mol. The minimum Gasteiger partial charge on any atom is -0.449 e. The number of nitriles is 1. The molecule has 1 rings (SSSR count). The van der Waals surface area contributed by atoms with Crippen LogP contribution in [0.3, 0.4) is 0 Å². The maximum absolute atomic E-state index is 12.0. The molecule has 0 fully saturated rings. The van der Waals surface area contributed by atoms with E-state index in [-0.39, 0.29) is 18.0 Å². The van der Waals surface area contributed by atoms with Gasteiger partial charge in [-0.3, -0.25) is 0 Å². The lowest BCUT2D eigenvalue weighted by Crippen LogP contribution is -2.43. The average molecular weight is 398 g/mol. The molecule has 9 heteroatoms. The Morgan fingerprint density at radius 1 is 1.27 bits per heavy atom. The Morgan fingerprint density at radius 2 is 1.92 bits per heavy atom. The number of hydrogen-bond donors (Lipinski definition) is 2. The van der Waals surface area contributed by atoms with Crippen LogP contribution in [-0.2, 0) is 20.9 Å². The lowest BCUT2D eigenvalue weighted by atomic mass is 10.2. The van der Waals surface area contributed by atoms with Gasteiger partial charge < -0.3 is 20.5 Å². The van der Waals surface area contributed by atoms with E-state index in [4.69, 9.17) is 20.5 Å². The van der Waals surface area contributed by atoms with Gasteiger partial charge in [-0.1, -0.05) is 54.5 Å². The van der Waals surface area contributed by atoms with Gasteiger partial charge in [0.25, 0.3) is 0 Å². The Kier molecular flexibility index (Phi) is 9.16. The number of anilines is 1. The summed E-state index contributed by atoms with van der Waals surface area (Å²) in [6.07, 6.45) is -0.734. The first-order valence-corrected chi connectivity index (χ1v) is 10.1. The maximum atomic E-state index is 12.0. The Balaban J connectivity index is 2.55. The third kappa shape index (κ3) is 9.44. The van der Waals surface area contributed by atoms with Crippen LogP contribution in [0.1, 0.15) is 26.3 Å². The second-order valence-electron chi connectivity index (χ2n) is 6.26. The van der Waals surface area contributed by atoms with E-state index in [0.717, 1.165) is 5.56 Å². The van der Waals surface area contributed by atoms with Crippen LogP contribution < -0.4 is 11.1 Å². The van der Waals surface area contributed by atoms with Crippen LogP contribution in [0.4, 0.5) is 10.5 Å². The smallest absolute Gasteiger partial charge is 0.408 e. The molecular weight excluding hydrogens is 374 g/mol. The molecule has 3 N–H and O–H groups in total. The summed E-state index contributed by atoms with van der Waals surface area (Å²) in [6, 6.07) is 7.74. The summed E-state index contributed by atoms with van der Waals surface area (Å²) in [5.74, 6) is -0.374. The Hall–Kier alpha value is -2.05. The number of benzene rings is 1. The number of nitrogens with one attached hydrogen (secondary N) is 1. The lowest BCUT2D eigenvalue weighted by molar-refractivity contribution is -0.143. The van der Waals surface area contributed by atoms with Gasteiger partial charge in [-0.05, 0) is 17.7 Å². The Labute approximate surface area is 161 Å². The van der Waals surface area contributed by atoms with Crippen molar-refractivity contribution >= 4 is 39.3 Å². The summed E-state index contributed by atoms with van der Waals surface area (Å²) < 4.78 is 9.93. The molecule has 0 aliphatic heterocycles. The van der Waals surface area contributed by atoms with Gasteiger partial charge in [0, 0.05) is 16.2 Å². The van der Waals surface area contributed by atoms with Crippen molar-refractivity contribution in [1.82, 2.24) is 5.32 Å². The molecule has 0 bridgehead atoms. The number of hydrogen-bond acceptors (Lipinski definition) is 8. The van der Waals surface area contributed by atoms with E-state index >= 15 is 0 Å². The summed E-state index contributed by atoms with van der Waals surface area (Å²) in [6.45, 7) is 5.82. The van der Waals surface area contributed by atoms with E-state index in [1.807, 2.05) is 20.8 Å². The van der Waals surface area contributed by atoms with Gasteiger partial charge >= 0.3 is 12.1 Å². The van der Waals surface area contributed by atoms with Gasteiger partial charge in [-0.2, -0.15) is 5.26 Å². The van der Waals surface area contributed by atoms with Crippen LogP contribution in [0, 0.1) is 11.3 Å². The van der Waals surface area contributed by atoms with Gasteiger partial charge in [-0.25, -0.2) is 9.59 Å². The maximum Gasteiger partial charge on any atom is 0.408 e. The van der Waals surface area contributed by atoms with E-state index < -0.39 is 18.1 Å². The highest BCUT2D eigenvalue weighted by atomic mass is 33.1. The first kappa shape index (κ1) is 22.0. The van der Waals surface area contributed by atoms with Crippen molar-refractivity contribution < 1.29 is 19.1 Å². The highest BCUT2D eigenvalue weighted by Gasteiger charge is 2.24. The molecule has 0 spiro atoms. The number of esters is 1. The Morgan fingerprint density at radius 3 is 2.50 bits per heavy atom. The number of nitrogen functional groups attached to an aromatic ring is 1. The molecule has 1 aromatic carbocycles. The molecule has 0 heterocycles. The van der Waals surface area contributed by atoms with E-state index in [9.17, 15) is 9.59 Å². The number of carbonyl (C=O) groups is 2. The average Bonchev–Trinajstić information content (AvgIpc) is 2.57. The summed E-state index contributed by atoms with van der Waals surface area (Å²) in [4.78, 5) is 24.0. The largest absolute Gasteiger partial charge is 0.449 e. The SMILES string of the molecule is CC(C)(C)SSC[C@@H](NC(=O)OCc1ccc(N)cc1)C(=O)OCC#N. The molecule has 0 saturated carbocycles. The van der Waals surface area contributed by atoms with Gasteiger partial charge in [0.15, 0.2) is 6.61 Å². The number of nitrogens with two attached hydrogens (primary N) is 1. The molecule has 1 amide bonds. The molecule has 26 heavy (non-hydrogen) atoms. The van der Waals surface area contributed by atoms with Crippen molar-refractivity contribution in [3.05, 3.63) is 29.8 Å². The number of alkyl carbamates (subject to hydrolysis) is 1. The highest BCUT2D eigenvalue weighted by molar-refractivity contribution is 8.77. The number of nitrogens with zero attached hydrogens (tertiary/aromatic N) is 1. The summed E-state index contributed by atoms with van der Waals surface area (Å²) in [5.41, 5.74) is 6.99. The Bertz CT molecular complexity index is 639. The fraction of sp³-hybridized carbons (Fsp3) is 0.471. The molecule has 0 unspecified atom stereocenters. The number of ether oxygens (including phenoxy) is 2. The molecule has 7 nitrogen and oxygen atoms in total. The van der Waals surface area contributed by atoms with Crippen molar-refractivity contribution in [3.8, 4) is 6.07 Å². The van der Waals surface area contributed by atoms with Crippen molar-refractivity contribution in [1.29, 1.82) is 5.26 Å². The predicted octanol–water partition coefficient (Wildman–Crippen LogP) is 3.11. The first-order chi connectivity index (χ1) is 12.2. The van der Waals surface area contributed by atoms with E-state index in [2.05, 4.69) is 5.32 Å². The van der Waals surface area contributed by atoms with E-state index in [1.165, 1.54) is 10.8 Å². The zero-order valence-electron chi connectivity index (χ0n) is 15.0. The van der Waals surface area contributed by atoms with E-state index in [1.54, 1.807) is 41.1 Å². The summed E-state index contributed by atoms with van der Waals surface area (Å²) in [5, 5.41) is 11.0. The standard InChI is InChI=1S/C17H23N3O4S2/c1-17(2,3)26-25-11-14(15(21)23-9-8-18)20-16(22)24-10-12-4-6-13(19)7-5-12/h4-7,14H,9-11,19H2,1-3H3,(H,20,22)/t14-/m1/s1. The molecule has 0 radical (unpaired) electrons. The third-order valence-electron chi connectivity index (χ3n) is 2.75. The fourth-order valence-electron chi connectivity index (χ4n) is 1.60. The van der Waals surface area contributed by atoms with Gasteiger partial charge in [-0.15, -0.1) is 0 Å². The van der Waals surface area contributed by atoms with E-state index in [0.29, 0.717) is 11.4 Å². The molecular formula is C17H23N3O4S2. The zero-order valence-corrected chi connectivity index (χ0v) is 16.6. The first-order valence-electron chi connectivity index (χ1n) is 7.83.